The molecule has 2 N–H and O–H groups in total. The van der Waals surface area contributed by atoms with Crippen molar-refractivity contribution < 1.29 is 4.74 Å². The Morgan fingerprint density at radius 2 is 1.89 bits per heavy atom. The average Bonchev–Trinajstić information content (AvgIpc) is 3.37. The summed E-state index contributed by atoms with van der Waals surface area (Å²) in [5.74, 6) is 1.81. The number of ether oxygens (including phenoxy) is 1. The number of morpholine rings is 1. The minimum atomic E-state index is 0.240. The molecule has 142 valence electrons. The van der Waals surface area contributed by atoms with Gasteiger partial charge in [0.2, 0.25) is 5.95 Å². The predicted molar refractivity (Wildman–Crippen MR) is 114 cm³/mol. The number of aromatic nitrogens is 4. The van der Waals surface area contributed by atoms with Gasteiger partial charge in [0, 0.05) is 35.9 Å². The Hall–Kier alpha value is -2.62. The fraction of sp³-hybridized carbons (Fsp3) is 0.263. The molecule has 0 amide bonds. The maximum Gasteiger partial charge on any atom is 0.219 e. The van der Waals surface area contributed by atoms with E-state index in [0.717, 1.165) is 34.7 Å². The second kappa shape index (κ2) is 7.08. The van der Waals surface area contributed by atoms with Crippen molar-refractivity contribution in [3.05, 3.63) is 34.8 Å². The summed E-state index contributed by atoms with van der Waals surface area (Å²) in [7, 11) is 0. The van der Waals surface area contributed by atoms with E-state index in [1.54, 1.807) is 35.1 Å². The first kappa shape index (κ1) is 17.5. The minimum Gasteiger partial charge on any atom is -0.378 e. The summed E-state index contributed by atoms with van der Waals surface area (Å²) < 4.78 is 6.65. The van der Waals surface area contributed by atoms with Crippen molar-refractivity contribution in [2.24, 2.45) is 0 Å². The molecule has 0 unspecified atom stereocenters. The van der Waals surface area contributed by atoms with Crippen LogP contribution in [-0.2, 0) is 4.74 Å². The molecule has 0 radical (unpaired) electrons. The van der Waals surface area contributed by atoms with Crippen LogP contribution >= 0.6 is 22.7 Å². The Labute approximate surface area is 169 Å². The Balaban J connectivity index is 1.73. The van der Waals surface area contributed by atoms with Crippen LogP contribution < -0.4 is 10.6 Å². The van der Waals surface area contributed by atoms with Gasteiger partial charge in [0.05, 0.1) is 29.0 Å². The van der Waals surface area contributed by atoms with Gasteiger partial charge >= 0.3 is 0 Å². The first-order valence-electron chi connectivity index (χ1n) is 8.95. The van der Waals surface area contributed by atoms with Crippen LogP contribution in [-0.4, -0.2) is 46.2 Å². The Kier molecular flexibility index (Phi) is 4.42. The van der Waals surface area contributed by atoms with E-state index in [0.29, 0.717) is 19.0 Å². The Morgan fingerprint density at radius 3 is 2.61 bits per heavy atom. The van der Waals surface area contributed by atoms with E-state index in [4.69, 9.17) is 20.4 Å². The van der Waals surface area contributed by atoms with Crippen LogP contribution in [0.5, 0.6) is 0 Å². The number of rotatable bonds is 3. The number of fused-ring (bicyclic) bond motifs is 1. The van der Waals surface area contributed by atoms with Crippen LogP contribution in [0, 0.1) is 6.92 Å². The van der Waals surface area contributed by atoms with Crippen molar-refractivity contribution in [3.63, 3.8) is 0 Å². The lowest BCUT2D eigenvalue weighted by molar-refractivity contribution is 0.122. The lowest BCUT2D eigenvalue weighted by Gasteiger charge is -2.28. The first-order valence-corrected chi connectivity index (χ1v) is 10.7. The number of aryl methyl sites for hydroxylation is 1. The number of nitrogen functional groups attached to an aromatic ring is 1. The highest BCUT2D eigenvalue weighted by molar-refractivity contribution is 7.23. The van der Waals surface area contributed by atoms with E-state index < -0.39 is 0 Å². The molecule has 5 heterocycles. The van der Waals surface area contributed by atoms with Crippen molar-refractivity contribution in [2.75, 3.05) is 36.9 Å². The second-order valence-corrected chi connectivity index (χ2v) is 8.35. The van der Waals surface area contributed by atoms with Crippen molar-refractivity contribution >= 4 is 44.7 Å². The van der Waals surface area contributed by atoms with Gasteiger partial charge in [-0.15, -0.1) is 11.3 Å². The number of anilines is 2. The third kappa shape index (κ3) is 3.01. The molecule has 0 aromatic carbocycles. The molecule has 5 rings (SSSR count). The van der Waals surface area contributed by atoms with E-state index >= 15 is 0 Å². The van der Waals surface area contributed by atoms with Crippen LogP contribution in [0.2, 0.25) is 0 Å². The zero-order valence-electron chi connectivity index (χ0n) is 15.3. The molecule has 0 spiro atoms. The summed E-state index contributed by atoms with van der Waals surface area (Å²) in [5.41, 5.74) is 9.79. The number of thiophene rings is 2. The van der Waals surface area contributed by atoms with Crippen molar-refractivity contribution in [1.29, 1.82) is 0 Å². The number of nitrogens with two attached hydrogens (primary N) is 1. The topological polar surface area (TPSA) is 90.0 Å². The van der Waals surface area contributed by atoms with Gasteiger partial charge < -0.3 is 15.4 Å². The predicted octanol–water partition coefficient (Wildman–Crippen LogP) is 3.60. The first-order chi connectivity index (χ1) is 13.7. The molecular weight excluding hydrogens is 392 g/mol. The molecular formula is C19H18N6OS2. The molecule has 1 aliphatic rings. The van der Waals surface area contributed by atoms with Crippen molar-refractivity contribution in [3.8, 4) is 21.8 Å². The molecule has 1 saturated heterocycles. The van der Waals surface area contributed by atoms with Crippen molar-refractivity contribution in [2.45, 2.75) is 6.92 Å². The van der Waals surface area contributed by atoms with E-state index in [2.05, 4.69) is 38.6 Å². The molecule has 0 atom stereocenters. The lowest BCUT2D eigenvalue weighted by Crippen LogP contribution is -2.36. The smallest absolute Gasteiger partial charge is 0.219 e. The fourth-order valence-corrected chi connectivity index (χ4v) is 5.30. The minimum absolute atomic E-state index is 0.240. The molecule has 0 aliphatic carbocycles. The lowest BCUT2D eigenvalue weighted by atomic mass is 10.1. The van der Waals surface area contributed by atoms with Gasteiger partial charge in [-0.05, 0) is 29.3 Å². The molecule has 0 saturated carbocycles. The molecule has 1 aliphatic heterocycles. The normalized spacial score (nSPS) is 14.7. The zero-order chi connectivity index (χ0) is 19.1. The number of nitrogens with zero attached hydrogens (tertiary/aromatic N) is 5. The van der Waals surface area contributed by atoms with Gasteiger partial charge in [-0.3, -0.25) is 0 Å². The van der Waals surface area contributed by atoms with Crippen LogP contribution in [0.1, 0.15) is 5.56 Å². The summed E-state index contributed by atoms with van der Waals surface area (Å²) in [6, 6.07) is 2.15. The van der Waals surface area contributed by atoms with E-state index in [-0.39, 0.29) is 5.95 Å². The summed E-state index contributed by atoms with van der Waals surface area (Å²) in [6.07, 6.45) is 3.35. The second-order valence-electron chi connectivity index (χ2n) is 6.55. The average molecular weight is 411 g/mol. The van der Waals surface area contributed by atoms with Gasteiger partial charge in [0.25, 0.3) is 0 Å². The molecule has 4 aromatic heterocycles. The largest absolute Gasteiger partial charge is 0.378 e. The van der Waals surface area contributed by atoms with Crippen molar-refractivity contribution in [1.82, 2.24) is 19.9 Å². The summed E-state index contributed by atoms with van der Waals surface area (Å²) in [5, 5.41) is 4.28. The van der Waals surface area contributed by atoms with E-state index in [1.165, 1.54) is 16.0 Å². The number of hydrogen-bond acceptors (Lipinski definition) is 9. The molecule has 9 heteroatoms. The number of hydrogen-bond donors (Lipinski definition) is 1. The molecule has 0 bridgehead atoms. The Morgan fingerprint density at radius 1 is 1.11 bits per heavy atom. The monoisotopic (exact) mass is 410 g/mol. The van der Waals surface area contributed by atoms with Gasteiger partial charge in [-0.25, -0.2) is 19.9 Å². The van der Waals surface area contributed by atoms with Gasteiger partial charge in [-0.1, -0.05) is 0 Å². The summed E-state index contributed by atoms with van der Waals surface area (Å²) in [4.78, 5) is 21.5. The quantitative estimate of drug-likeness (QED) is 0.552. The molecule has 28 heavy (non-hydrogen) atoms. The highest BCUT2D eigenvalue weighted by Gasteiger charge is 2.23. The molecule has 7 nitrogen and oxygen atoms in total. The Bertz CT molecular complexity index is 1120. The summed E-state index contributed by atoms with van der Waals surface area (Å²) in [6.45, 7) is 5.16. The maximum atomic E-state index is 5.64. The summed E-state index contributed by atoms with van der Waals surface area (Å²) >= 11 is 3.46. The van der Waals surface area contributed by atoms with E-state index in [9.17, 15) is 0 Å². The zero-order valence-corrected chi connectivity index (χ0v) is 16.9. The SMILES string of the molecule is Cc1c(-c2ccsc2)sc2c(N3CCOCC3)nc(-c3cnc(N)nc3)nc12. The van der Waals surface area contributed by atoms with Crippen LogP contribution in [0.4, 0.5) is 11.8 Å². The van der Waals surface area contributed by atoms with Gasteiger partial charge in [0.1, 0.15) is 0 Å². The van der Waals surface area contributed by atoms with Gasteiger partial charge in [-0.2, -0.15) is 11.3 Å². The maximum absolute atomic E-state index is 5.64. The third-order valence-electron chi connectivity index (χ3n) is 4.77. The van der Waals surface area contributed by atoms with Crippen LogP contribution in [0.3, 0.4) is 0 Å². The van der Waals surface area contributed by atoms with Crippen LogP contribution in [0.25, 0.3) is 32.0 Å². The molecule has 1 fully saturated rings. The fourth-order valence-electron chi connectivity index (χ4n) is 3.31. The highest BCUT2D eigenvalue weighted by atomic mass is 32.1. The van der Waals surface area contributed by atoms with E-state index in [1.807, 2.05) is 0 Å². The molecule has 4 aromatic rings. The van der Waals surface area contributed by atoms with Gasteiger partial charge in [0.15, 0.2) is 11.6 Å². The highest BCUT2D eigenvalue weighted by Crippen LogP contribution is 2.42. The standard InChI is InChI=1S/C19H18N6OS2/c1-11-14-16(28-15(11)12-2-7-27-10-12)18(25-3-5-26-6-4-25)24-17(23-14)13-8-21-19(20)22-9-13/h2,7-10H,3-6H2,1H3,(H2,20,21,22). The van der Waals surface area contributed by atoms with Crippen LogP contribution in [0.15, 0.2) is 29.2 Å². The third-order valence-corrected chi connectivity index (χ3v) is 6.78.